The van der Waals surface area contributed by atoms with E-state index in [9.17, 15) is 0 Å². The van der Waals surface area contributed by atoms with Gasteiger partial charge in [0.2, 0.25) is 0 Å². The minimum Gasteiger partial charge on any atom is -0.312 e. The van der Waals surface area contributed by atoms with Crippen molar-refractivity contribution < 1.29 is 0 Å². The van der Waals surface area contributed by atoms with Gasteiger partial charge in [0.05, 0.1) is 0 Å². The molecule has 1 aromatic heterocycles. The molecule has 0 atom stereocenters. The van der Waals surface area contributed by atoms with Crippen LogP contribution in [0.15, 0.2) is 22.7 Å². The van der Waals surface area contributed by atoms with Crippen molar-refractivity contribution in [1.29, 1.82) is 0 Å². The molecule has 1 heterocycles. The van der Waals surface area contributed by atoms with Crippen molar-refractivity contribution in [1.82, 2.24) is 5.32 Å². The van der Waals surface area contributed by atoms with E-state index >= 15 is 0 Å². The maximum Gasteiger partial charge on any atom is 0.107 e. The number of hydrogen-bond donors (Lipinski definition) is 1. The maximum absolute atomic E-state index is 5.92. The third-order valence-electron chi connectivity index (χ3n) is 1.72. The summed E-state index contributed by atoms with van der Waals surface area (Å²) < 4.78 is 1.82. The van der Waals surface area contributed by atoms with Gasteiger partial charge in [-0.25, -0.2) is 0 Å². The average Bonchev–Trinajstić information content (AvgIpc) is 2.46. The fourth-order valence-corrected chi connectivity index (χ4v) is 2.80. The normalized spacial score (nSPS) is 11.4. The zero-order valence-electron chi connectivity index (χ0n) is 8.02. The predicted octanol–water partition coefficient (Wildman–Crippen LogP) is 4.22. The quantitative estimate of drug-likeness (QED) is 0.633. The Balaban J connectivity index is 2.24. The Hall–Kier alpha value is 0.170. The van der Waals surface area contributed by atoms with Crippen LogP contribution in [0.4, 0.5) is 0 Å². The molecule has 1 rings (SSSR count). The number of hydrogen-bond acceptors (Lipinski definition) is 2. The summed E-state index contributed by atoms with van der Waals surface area (Å²) >= 11 is 10.9. The van der Waals surface area contributed by atoms with E-state index in [2.05, 4.69) is 39.5 Å². The van der Waals surface area contributed by atoms with E-state index in [1.807, 2.05) is 6.92 Å². The molecule has 1 nitrogen and oxygen atoms in total. The van der Waals surface area contributed by atoms with Gasteiger partial charge in [0, 0.05) is 15.9 Å². The second-order valence-corrected chi connectivity index (χ2v) is 5.46. The molecule has 1 aromatic rings. The summed E-state index contributed by atoms with van der Waals surface area (Å²) in [4.78, 5) is 1.27. The summed E-state index contributed by atoms with van der Waals surface area (Å²) in [7, 11) is 0. The van der Waals surface area contributed by atoms with Crippen LogP contribution in [0.1, 0.15) is 18.2 Å². The highest BCUT2D eigenvalue weighted by Gasteiger charge is 2.02. The molecule has 0 aliphatic carbocycles. The monoisotopic (exact) mass is 293 g/mol. The van der Waals surface area contributed by atoms with Gasteiger partial charge in [-0.1, -0.05) is 23.8 Å². The van der Waals surface area contributed by atoms with Crippen LogP contribution in [0.25, 0.3) is 0 Å². The molecule has 0 unspecified atom stereocenters. The fourth-order valence-electron chi connectivity index (χ4n) is 1.04. The molecule has 14 heavy (non-hydrogen) atoms. The Morgan fingerprint density at radius 3 is 3.00 bits per heavy atom. The second-order valence-electron chi connectivity index (χ2n) is 2.87. The molecule has 1 N–H and O–H groups in total. The highest BCUT2D eigenvalue weighted by Crippen LogP contribution is 2.31. The van der Waals surface area contributed by atoms with Crippen LogP contribution in [0, 0.1) is 0 Å². The maximum atomic E-state index is 5.92. The van der Waals surface area contributed by atoms with Gasteiger partial charge in [-0.15, -0.1) is 11.3 Å². The number of allylic oxidation sites excluding steroid dienone is 1. The molecular weight excluding hydrogens is 282 g/mol. The van der Waals surface area contributed by atoms with Crippen molar-refractivity contribution in [3.63, 3.8) is 0 Å². The lowest BCUT2D eigenvalue weighted by Crippen LogP contribution is -2.12. The van der Waals surface area contributed by atoms with Gasteiger partial charge in [0.15, 0.2) is 0 Å². The summed E-state index contributed by atoms with van der Waals surface area (Å²) in [6.07, 6.45) is 5.31. The van der Waals surface area contributed by atoms with Crippen molar-refractivity contribution >= 4 is 38.9 Å². The topological polar surface area (TPSA) is 12.0 Å². The first-order chi connectivity index (χ1) is 6.74. The molecule has 0 aliphatic rings. The largest absolute Gasteiger partial charge is 0.312 e. The number of halogens is 2. The zero-order chi connectivity index (χ0) is 10.4. The van der Waals surface area contributed by atoms with E-state index < -0.39 is 0 Å². The third kappa shape index (κ3) is 4.13. The average molecular weight is 295 g/mol. The molecule has 78 valence electrons. The molecule has 4 heteroatoms. The van der Waals surface area contributed by atoms with E-state index in [-0.39, 0.29) is 0 Å². The minimum atomic E-state index is 0.829. The van der Waals surface area contributed by atoms with Crippen molar-refractivity contribution in [3.05, 3.63) is 31.9 Å². The fraction of sp³-hybridized carbons (Fsp3) is 0.400. The van der Waals surface area contributed by atoms with Gasteiger partial charge in [-0.3, -0.25) is 0 Å². The predicted molar refractivity (Wildman–Crippen MR) is 68.2 cm³/mol. The van der Waals surface area contributed by atoms with Gasteiger partial charge in [0.1, 0.15) is 4.34 Å². The van der Waals surface area contributed by atoms with Crippen molar-refractivity contribution in [3.8, 4) is 0 Å². The van der Waals surface area contributed by atoms with Crippen LogP contribution >= 0.6 is 38.9 Å². The number of nitrogens with one attached hydrogen (secondary N) is 1. The lowest BCUT2D eigenvalue weighted by Gasteiger charge is -1.98. The van der Waals surface area contributed by atoms with Crippen molar-refractivity contribution in [2.75, 3.05) is 6.54 Å². The highest BCUT2D eigenvalue weighted by molar-refractivity contribution is 9.10. The molecule has 0 bridgehead atoms. The number of thiophene rings is 1. The minimum absolute atomic E-state index is 0.829. The van der Waals surface area contributed by atoms with Crippen LogP contribution in [0.2, 0.25) is 4.34 Å². The Morgan fingerprint density at radius 2 is 2.43 bits per heavy atom. The van der Waals surface area contributed by atoms with E-state index in [4.69, 9.17) is 11.6 Å². The van der Waals surface area contributed by atoms with Crippen LogP contribution in [-0.2, 0) is 6.54 Å². The van der Waals surface area contributed by atoms with Gasteiger partial charge >= 0.3 is 0 Å². The number of rotatable bonds is 5. The Labute approximate surface area is 102 Å². The highest BCUT2D eigenvalue weighted by atomic mass is 79.9. The third-order valence-corrected chi connectivity index (χ3v) is 4.19. The standard InChI is InChI=1S/C10H13BrClNS/c1-2-3-4-5-13-7-8-6-9(11)10(12)14-8/h2-3,6,13H,4-5,7H2,1H3/b3-2+. The molecule has 0 aliphatic heterocycles. The molecule has 0 aromatic carbocycles. The summed E-state index contributed by atoms with van der Waals surface area (Å²) in [5.41, 5.74) is 0. The van der Waals surface area contributed by atoms with Crippen LogP contribution in [0.3, 0.4) is 0 Å². The van der Waals surface area contributed by atoms with Gasteiger partial charge < -0.3 is 5.32 Å². The van der Waals surface area contributed by atoms with E-state index in [1.54, 1.807) is 11.3 Å². The first-order valence-corrected chi connectivity index (χ1v) is 6.48. The van der Waals surface area contributed by atoms with E-state index in [0.29, 0.717) is 0 Å². The zero-order valence-corrected chi connectivity index (χ0v) is 11.2. The molecule has 0 radical (unpaired) electrons. The Kier molecular flexibility index (Phi) is 5.78. The Morgan fingerprint density at radius 1 is 1.64 bits per heavy atom. The van der Waals surface area contributed by atoms with E-state index in [0.717, 1.165) is 28.3 Å². The summed E-state index contributed by atoms with van der Waals surface area (Å²) in [5, 5.41) is 3.36. The van der Waals surface area contributed by atoms with Crippen LogP contribution in [-0.4, -0.2) is 6.54 Å². The van der Waals surface area contributed by atoms with E-state index in [1.165, 1.54) is 4.88 Å². The lowest BCUT2D eigenvalue weighted by molar-refractivity contribution is 0.702. The molecule has 0 saturated carbocycles. The second kappa shape index (κ2) is 6.62. The molecular formula is C10H13BrClNS. The first kappa shape index (κ1) is 12.2. The summed E-state index contributed by atoms with van der Waals surface area (Å²) in [6.45, 7) is 3.95. The first-order valence-electron chi connectivity index (χ1n) is 4.49. The lowest BCUT2D eigenvalue weighted by atomic mass is 10.4. The van der Waals surface area contributed by atoms with Crippen molar-refractivity contribution in [2.45, 2.75) is 19.9 Å². The van der Waals surface area contributed by atoms with Crippen LogP contribution in [0.5, 0.6) is 0 Å². The van der Waals surface area contributed by atoms with Gasteiger partial charge in [-0.2, -0.15) is 0 Å². The molecule has 0 saturated heterocycles. The van der Waals surface area contributed by atoms with Gasteiger partial charge in [-0.05, 0) is 41.9 Å². The summed E-state index contributed by atoms with van der Waals surface area (Å²) in [6, 6.07) is 2.07. The van der Waals surface area contributed by atoms with Gasteiger partial charge in [0.25, 0.3) is 0 Å². The molecule has 0 spiro atoms. The van der Waals surface area contributed by atoms with Crippen LogP contribution < -0.4 is 5.32 Å². The smallest absolute Gasteiger partial charge is 0.107 e. The Bertz CT molecular complexity index is 290. The molecule has 0 fully saturated rings. The molecule has 0 amide bonds. The van der Waals surface area contributed by atoms with Crippen molar-refractivity contribution in [2.24, 2.45) is 0 Å². The summed E-state index contributed by atoms with van der Waals surface area (Å²) in [5.74, 6) is 0. The SMILES string of the molecule is C/C=C/CCNCc1cc(Br)c(Cl)s1.